The lowest BCUT2D eigenvalue weighted by Gasteiger charge is -2.34. The molecule has 0 aliphatic carbocycles. The second-order valence-electron chi connectivity index (χ2n) is 6.16. The number of urea groups is 2. The Morgan fingerprint density at radius 1 is 0.926 bits per heavy atom. The van der Waals surface area contributed by atoms with Crippen LogP contribution in [0.2, 0.25) is 5.02 Å². The van der Waals surface area contributed by atoms with Gasteiger partial charge in [0.05, 0.1) is 0 Å². The third-order valence-corrected chi connectivity index (χ3v) is 4.71. The van der Waals surface area contributed by atoms with Gasteiger partial charge in [0.2, 0.25) is 0 Å². The van der Waals surface area contributed by atoms with Crippen molar-refractivity contribution in [2.75, 3.05) is 31.5 Å². The molecule has 0 atom stereocenters. The summed E-state index contributed by atoms with van der Waals surface area (Å²) in [6, 6.07) is 12.5. The van der Waals surface area contributed by atoms with Crippen LogP contribution in [0.25, 0.3) is 0 Å². The molecular formula is C19H20ClFN4O2. The highest BCUT2D eigenvalue weighted by Gasteiger charge is 2.24. The molecule has 1 aliphatic heterocycles. The van der Waals surface area contributed by atoms with Crippen molar-refractivity contribution >= 4 is 29.4 Å². The van der Waals surface area contributed by atoms with E-state index in [9.17, 15) is 14.0 Å². The second kappa shape index (κ2) is 8.73. The minimum absolute atomic E-state index is 0.187. The number of carbonyl (C=O) groups excluding carboxylic acids is 2. The maximum atomic E-state index is 12.9. The van der Waals surface area contributed by atoms with Crippen LogP contribution in [0, 0.1) is 5.82 Å². The molecule has 0 saturated carbocycles. The van der Waals surface area contributed by atoms with Gasteiger partial charge in [0.1, 0.15) is 5.82 Å². The Morgan fingerprint density at radius 2 is 1.52 bits per heavy atom. The number of anilines is 1. The van der Waals surface area contributed by atoms with Gasteiger partial charge in [-0.1, -0.05) is 29.8 Å². The normalized spacial score (nSPS) is 14.0. The van der Waals surface area contributed by atoms with E-state index < -0.39 is 0 Å². The lowest BCUT2D eigenvalue weighted by atomic mass is 10.2. The first-order valence-electron chi connectivity index (χ1n) is 8.60. The number of hydrogen-bond donors (Lipinski definition) is 2. The Morgan fingerprint density at radius 3 is 2.15 bits per heavy atom. The Kier molecular flexibility index (Phi) is 6.13. The van der Waals surface area contributed by atoms with Crippen molar-refractivity contribution in [3.05, 3.63) is 64.9 Å². The van der Waals surface area contributed by atoms with Gasteiger partial charge >= 0.3 is 12.1 Å². The molecule has 27 heavy (non-hydrogen) atoms. The molecule has 8 heteroatoms. The van der Waals surface area contributed by atoms with Gasteiger partial charge < -0.3 is 20.4 Å². The van der Waals surface area contributed by atoms with E-state index in [1.54, 1.807) is 15.9 Å². The predicted octanol–water partition coefficient (Wildman–Crippen LogP) is 3.54. The Bertz CT molecular complexity index is 808. The summed E-state index contributed by atoms with van der Waals surface area (Å²) >= 11 is 6.09. The van der Waals surface area contributed by atoms with Gasteiger partial charge in [-0.25, -0.2) is 14.0 Å². The lowest BCUT2D eigenvalue weighted by Crippen LogP contribution is -2.53. The molecule has 2 aromatic carbocycles. The van der Waals surface area contributed by atoms with E-state index in [0.717, 1.165) is 5.56 Å². The summed E-state index contributed by atoms with van der Waals surface area (Å²) in [5, 5.41) is 6.18. The number of halogens is 2. The molecule has 142 valence electrons. The van der Waals surface area contributed by atoms with Crippen LogP contribution in [0.1, 0.15) is 5.56 Å². The van der Waals surface area contributed by atoms with Crippen molar-refractivity contribution in [3.8, 4) is 0 Å². The average Bonchev–Trinajstić information content (AvgIpc) is 2.69. The number of rotatable bonds is 3. The maximum Gasteiger partial charge on any atom is 0.321 e. The van der Waals surface area contributed by atoms with E-state index in [1.807, 2.05) is 18.2 Å². The van der Waals surface area contributed by atoms with Gasteiger partial charge in [-0.15, -0.1) is 0 Å². The molecule has 0 spiro atoms. The molecule has 4 amide bonds. The van der Waals surface area contributed by atoms with Crippen LogP contribution in [0.3, 0.4) is 0 Å². The minimum atomic E-state index is -0.357. The molecule has 0 aromatic heterocycles. The number of nitrogens with zero attached hydrogens (tertiary/aromatic N) is 2. The molecule has 1 aliphatic rings. The van der Waals surface area contributed by atoms with Gasteiger partial charge in [0, 0.05) is 43.4 Å². The minimum Gasteiger partial charge on any atom is -0.334 e. The number of nitrogens with one attached hydrogen (secondary N) is 2. The monoisotopic (exact) mass is 390 g/mol. The van der Waals surface area contributed by atoms with E-state index in [1.165, 1.54) is 24.3 Å². The summed E-state index contributed by atoms with van der Waals surface area (Å²) in [5.74, 6) is -0.357. The topological polar surface area (TPSA) is 64.7 Å². The fraction of sp³-hybridized carbons (Fsp3) is 0.263. The fourth-order valence-corrected chi connectivity index (χ4v) is 2.98. The first kappa shape index (κ1) is 19.0. The molecule has 0 radical (unpaired) electrons. The molecule has 0 unspecified atom stereocenters. The molecule has 3 rings (SSSR count). The van der Waals surface area contributed by atoms with Crippen LogP contribution in [-0.4, -0.2) is 48.0 Å². The second-order valence-corrected chi connectivity index (χ2v) is 6.57. The highest BCUT2D eigenvalue weighted by atomic mass is 35.5. The van der Waals surface area contributed by atoms with Crippen molar-refractivity contribution in [2.45, 2.75) is 6.54 Å². The third kappa shape index (κ3) is 5.10. The smallest absolute Gasteiger partial charge is 0.321 e. The molecule has 1 saturated heterocycles. The van der Waals surface area contributed by atoms with Crippen molar-refractivity contribution in [1.29, 1.82) is 0 Å². The highest BCUT2D eigenvalue weighted by molar-refractivity contribution is 6.31. The molecule has 0 bridgehead atoms. The van der Waals surface area contributed by atoms with Gasteiger partial charge in [-0.2, -0.15) is 0 Å². The Labute approximate surface area is 161 Å². The van der Waals surface area contributed by atoms with Gasteiger partial charge in [0.25, 0.3) is 0 Å². The third-order valence-electron chi connectivity index (χ3n) is 4.34. The Balaban J connectivity index is 1.45. The number of carbonyl (C=O) groups is 2. The standard InChI is InChI=1S/C19H20ClFN4O2/c20-17-4-2-1-3-14(17)13-22-18(26)24-9-11-25(12-10-24)19(27)23-16-7-5-15(21)6-8-16/h1-8H,9-13H2,(H,22,26)(H,23,27). The predicted molar refractivity (Wildman–Crippen MR) is 102 cm³/mol. The number of benzene rings is 2. The van der Waals surface area contributed by atoms with Crippen molar-refractivity contribution in [1.82, 2.24) is 15.1 Å². The molecule has 1 fully saturated rings. The van der Waals surface area contributed by atoms with Crippen molar-refractivity contribution in [3.63, 3.8) is 0 Å². The van der Waals surface area contributed by atoms with Gasteiger partial charge in [0.15, 0.2) is 0 Å². The van der Waals surface area contributed by atoms with Crippen LogP contribution >= 0.6 is 11.6 Å². The van der Waals surface area contributed by atoms with E-state index in [2.05, 4.69) is 10.6 Å². The number of amides is 4. The average molecular weight is 391 g/mol. The van der Waals surface area contributed by atoms with Crippen LogP contribution in [-0.2, 0) is 6.54 Å². The zero-order valence-electron chi connectivity index (χ0n) is 14.6. The van der Waals surface area contributed by atoms with Crippen molar-refractivity contribution in [2.24, 2.45) is 0 Å². The zero-order chi connectivity index (χ0) is 19.2. The molecular weight excluding hydrogens is 371 g/mol. The number of hydrogen-bond acceptors (Lipinski definition) is 2. The summed E-state index contributed by atoms with van der Waals surface area (Å²) < 4.78 is 12.9. The summed E-state index contributed by atoms with van der Waals surface area (Å²) in [7, 11) is 0. The molecule has 2 N–H and O–H groups in total. The number of piperazine rings is 1. The fourth-order valence-electron chi connectivity index (χ4n) is 2.77. The first-order chi connectivity index (χ1) is 13.0. The lowest BCUT2D eigenvalue weighted by molar-refractivity contribution is 0.149. The Hall–Kier alpha value is -2.80. The van der Waals surface area contributed by atoms with Crippen molar-refractivity contribution < 1.29 is 14.0 Å². The van der Waals surface area contributed by atoms with E-state index in [0.29, 0.717) is 43.4 Å². The van der Waals surface area contributed by atoms with Gasteiger partial charge in [-0.3, -0.25) is 0 Å². The summed E-state index contributed by atoms with van der Waals surface area (Å²) in [5.41, 5.74) is 1.38. The highest BCUT2D eigenvalue weighted by Crippen LogP contribution is 2.15. The van der Waals surface area contributed by atoms with Crippen LogP contribution in [0.4, 0.5) is 19.7 Å². The molecule has 6 nitrogen and oxygen atoms in total. The van der Waals surface area contributed by atoms with E-state index >= 15 is 0 Å². The largest absolute Gasteiger partial charge is 0.334 e. The van der Waals surface area contributed by atoms with E-state index in [-0.39, 0.29) is 17.9 Å². The quantitative estimate of drug-likeness (QED) is 0.841. The summed E-state index contributed by atoms with van der Waals surface area (Å²) in [6.07, 6.45) is 0. The van der Waals surface area contributed by atoms with Crippen LogP contribution in [0.5, 0.6) is 0 Å². The molecule has 2 aromatic rings. The van der Waals surface area contributed by atoms with E-state index in [4.69, 9.17) is 11.6 Å². The zero-order valence-corrected chi connectivity index (χ0v) is 15.4. The van der Waals surface area contributed by atoms with Crippen LogP contribution < -0.4 is 10.6 Å². The maximum absolute atomic E-state index is 12.9. The molecule has 1 heterocycles. The summed E-state index contributed by atoms with van der Waals surface area (Å²) in [4.78, 5) is 27.9. The first-order valence-corrected chi connectivity index (χ1v) is 8.98. The SMILES string of the molecule is O=C(NCc1ccccc1Cl)N1CCN(C(=O)Nc2ccc(F)cc2)CC1. The summed E-state index contributed by atoms with van der Waals surface area (Å²) in [6.45, 7) is 2.07. The van der Waals surface area contributed by atoms with Gasteiger partial charge in [-0.05, 0) is 35.9 Å². The van der Waals surface area contributed by atoms with Crippen LogP contribution in [0.15, 0.2) is 48.5 Å².